The number of carbonyl (C=O) groups excluding carboxylic acids is 2. The van der Waals surface area contributed by atoms with Crippen molar-refractivity contribution in [3.05, 3.63) is 65.2 Å². The zero-order valence-electron chi connectivity index (χ0n) is 14.5. The van der Waals surface area contributed by atoms with E-state index >= 15 is 0 Å². The van der Waals surface area contributed by atoms with Gasteiger partial charge in [-0.3, -0.25) is 4.79 Å². The smallest absolute Gasteiger partial charge is 0.331 e. The summed E-state index contributed by atoms with van der Waals surface area (Å²) in [6, 6.07) is 12.9. The molecule has 6 heteroatoms. The number of rotatable bonds is 6. The van der Waals surface area contributed by atoms with E-state index < -0.39 is 11.9 Å². The first-order valence-corrected chi connectivity index (χ1v) is 8.68. The van der Waals surface area contributed by atoms with E-state index in [1.54, 1.807) is 24.3 Å². The molecule has 2 aromatic carbocycles. The van der Waals surface area contributed by atoms with Gasteiger partial charge >= 0.3 is 5.97 Å². The molecule has 0 heterocycles. The van der Waals surface area contributed by atoms with Crippen LogP contribution < -0.4 is 5.32 Å². The summed E-state index contributed by atoms with van der Waals surface area (Å²) in [4.78, 5) is 24.5. The van der Waals surface area contributed by atoms with Crippen molar-refractivity contribution < 1.29 is 14.3 Å². The molecule has 0 saturated carbocycles. The number of anilines is 1. The fraction of sp³-hybridized carbons (Fsp3) is 0.150. The van der Waals surface area contributed by atoms with Gasteiger partial charge in [0.05, 0.1) is 0 Å². The average molecular weight is 366 g/mol. The van der Waals surface area contributed by atoms with Crippen molar-refractivity contribution in [2.24, 2.45) is 0 Å². The molecule has 2 rings (SSSR count). The Hall–Kier alpha value is -3.04. The van der Waals surface area contributed by atoms with E-state index in [1.807, 2.05) is 43.5 Å². The highest BCUT2D eigenvalue weighted by Crippen LogP contribution is 2.23. The number of aryl methyl sites for hydroxylation is 2. The molecule has 0 aromatic heterocycles. The predicted octanol–water partition coefficient (Wildman–Crippen LogP) is 4.07. The Morgan fingerprint density at radius 1 is 1.19 bits per heavy atom. The number of ether oxygens (including phenoxy) is 1. The van der Waals surface area contributed by atoms with Crippen molar-refractivity contribution in [1.29, 1.82) is 5.26 Å². The molecule has 5 nitrogen and oxygen atoms in total. The summed E-state index contributed by atoms with van der Waals surface area (Å²) in [7, 11) is 0. The molecule has 132 valence electrons. The quantitative estimate of drug-likeness (QED) is 0.361. The number of hydrogen-bond donors (Lipinski definition) is 1. The Labute approximate surface area is 156 Å². The van der Waals surface area contributed by atoms with E-state index in [1.165, 1.54) is 6.08 Å². The topological polar surface area (TPSA) is 79.2 Å². The van der Waals surface area contributed by atoms with Crippen LogP contribution in [0, 0.1) is 24.5 Å². The van der Waals surface area contributed by atoms with Gasteiger partial charge in [0.15, 0.2) is 6.61 Å². The number of amides is 1. The second-order valence-corrected chi connectivity index (χ2v) is 6.37. The molecule has 2 aromatic rings. The number of thiocyanates is 1. The lowest BCUT2D eigenvalue weighted by Gasteiger charge is -2.09. The lowest BCUT2D eigenvalue weighted by molar-refractivity contribution is -0.142. The molecule has 26 heavy (non-hydrogen) atoms. The maximum absolute atomic E-state index is 11.9. The second-order valence-electron chi connectivity index (χ2n) is 5.52. The second kappa shape index (κ2) is 9.44. The molecule has 0 spiro atoms. The maximum Gasteiger partial charge on any atom is 0.331 e. The number of esters is 1. The summed E-state index contributed by atoms with van der Waals surface area (Å²) in [6.45, 7) is 3.40. The van der Waals surface area contributed by atoms with Gasteiger partial charge in [-0.25, -0.2) is 4.79 Å². The molecule has 0 aliphatic heterocycles. The van der Waals surface area contributed by atoms with E-state index in [9.17, 15) is 9.59 Å². The Morgan fingerprint density at radius 2 is 1.96 bits per heavy atom. The summed E-state index contributed by atoms with van der Waals surface area (Å²) < 4.78 is 4.95. The van der Waals surface area contributed by atoms with Crippen LogP contribution in [0.2, 0.25) is 0 Å². The van der Waals surface area contributed by atoms with E-state index in [2.05, 4.69) is 5.32 Å². The highest BCUT2D eigenvalue weighted by molar-refractivity contribution is 8.03. The van der Waals surface area contributed by atoms with Crippen molar-refractivity contribution in [3.8, 4) is 5.40 Å². The summed E-state index contributed by atoms with van der Waals surface area (Å²) in [5.74, 6) is -1.01. The zero-order chi connectivity index (χ0) is 18.9. The molecule has 0 unspecified atom stereocenters. The van der Waals surface area contributed by atoms with E-state index in [0.29, 0.717) is 5.69 Å². The normalized spacial score (nSPS) is 10.3. The molecular formula is C20H18N2O3S. The highest BCUT2D eigenvalue weighted by atomic mass is 32.2. The summed E-state index contributed by atoms with van der Waals surface area (Å²) >= 11 is 1.05. The van der Waals surface area contributed by atoms with Crippen molar-refractivity contribution in [2.45, 2.75) is 18.7 Å². The molecule has 0 radical (unpaired) electrons. The Bertz CT molecular complexity index is 885. The third-order valence-corrected chi connectivity index (χ3v) is 4.15. The number of thioether (sulfide) groups is 1. The van der Waals surface area contributed by atoms with Crippen molar-refractivity contribution in [2.75, 3.05) is 11.9 Å². The van der Waals surface area contributed by atoms with Crippen LogP contribution in [0.4, 0.5) is 5.69 Å². The van der Waals surface area contributed by atoms with Crippen molar-refractivity contribution in [1.82, 2.24) is 0 Å². The summed E-state index contributed by atoms with van der Waals surface area (Å²) in [5.41, 5.74) is 3.40. The van der Waals surface area contributed by atoms with Gasteiger partial charge in [0.2, 0.25) is 0 Å². The number of nitriles is 1. The molecule has 1 N–H and O–H groups in total. The Kier molecular flexibility index (Phi) is 7.01. The molecule has 0 atom stereocenters. The molecule has 0 aliphatic rings. The van der Waals surface area contributed by atoms with Gasteiger partial charge < -0.3 is 10.1 Å². The Morgan fingerprint density at radius 3 is 2.65 bits per heavy atom. The third-order valence-electron chi connectivity index (χ3n) is 3.57. The van der Waals surface area contributed by atoms with Crippen LogP contribution in [0.15, 0.2) is 53.4 Å². The third kappa shape index (κ3) is 5.80. The fourth-order valence-corrected chi connectivity index (χ4v) is 2.67. The van der Waals surface area contributed by atoms with Crippen LogP contribution in [0.5, 0.6) is 0 Å². The molecule has 0 aliphatic carbocycles. The van der Waals surface area contributed by atoms with Gasteiger partial charge in [-0.1, -0.05) is 24.3 Å². The minimum Gasteiger partial charge on any atom is -0.452 e. The summed E-state index contributed by atoms with van der Waals surface area (Å²) in [5, 5.41) is 13.4. The molecular weight excluding hydrogens is 348 g/mol. The predicted molar refractivity (Wildman–Crippen MR) is 102 cm³/mol. The van der Waals surface area contributed by atoms with Gasteiger partial charge in [-0.2, -0.15) is 5.26 Å². The number of carbonyl (C=O) groups is 2. The largest absolute Gasteiger partial charge is 0.452 e. The Balaban J connectivity index is 1.86. The molecule has 0 bridgehead atoms. The average Bonchev–Trinajstić information content (AvgIpc) is 2.62. The van der Waals surface area contributed by atoms with E-state index in [-0.39, 0.29) is 6.61 Å². The van der Waals surface area contributed by atoms with Crippen molar-refractivity contribution >= 4 is 35.4 Å². The van der Waals surface area contributed by atoms with Gasteiger partial charge in [-0.05, 0) is 66.6 Å². The van der Waals surface area contributed by atoms with Gasteiger partial charge in [-0.15, -0.1) is 0 Å². The lowest BCUT2D eigenvalue weighted by Crippen LogP contribution is -2.20. The van der Waals surface area contributed by atoms with E-state index in [0.717, 1.165) is 33.3 Å². The summed E-state index contributed by atoms with van der Waals surface area (Å²) in [6.07, 6.45) is 2.96. The van der Waals surface area contributed by atoms with Crippen molar-refractivity contribution in [3.63, 3.8) is 0 Å². The fourth-order valence-electron chi connectivity index (χ4n) is 2.20. The van der Waals surface area contributed by atoms with Crippen LogP contribution in [0.3, 0.4) is 0 Å². The van der Waals surface area contributed by atoms with Crippen LogP contribution in [0.1, 0.15) is 16.7 Å². The van der Waals surface area contributed by atoms with Gasteiger partial charge in [0.1, 0.15) is 5.40 Å². The number of nitrogens with one attached hydrogen (secondary N) is 1. The van der Waals surface area contributed by atoms with Gasteiger partial charge in [0.25, 0.3) is 5.91 Å². The number of nitrogens with zero attached hydrogens (tertiary/aromatic N) is 1. The highest BCUT2D eigenvalue weighted by Gasteiger charge is 2.08. The first kappa shape index (κ1) is 19.3. The van der Waals surface area contributed by atoms with E-state index in [4.69, 9.17) is 10.00 Å². The van der Waals surface area contributed by atoms with Crippen LogP contribution in [-0.4, -0.2) is 18.5 Å². The standard InChI is InChI=1S/C20H18N2O3S/c1-14-5-3-4-6-16(14)7-10-20(24)25-12-19(23)22-18-9-8-17(26-13-21)11-15(18)2/h3-11H,12H2,1-2H3,(H,22,23)/b10-7+. The monoisotopic (exact) mass is 366 g/mol. The SMILES string of the molecule is Cc1ccccc1/C=C/C(=O)OCC(=O)Nc1ccc(SC#N)cc1C. The molecule has 0 fully saturated rings. The zero-order valence-corrected chi connectivity index (χ0v) is 15.3. The molecule has 1 amide bonds. The lowest BCUT2D eigenvalue weighted by atomic mass is 10.1. The minimum absolute atomic E-state index is 0.370. The first-order valence-electron chi connectivity index (χ1n) is 7.86. The van der Waals surface area contributed by atoms with Crippen LogP contribution in [-0.2, 0) is 14.3 Å². The first-order chi connectivity index (χ1) is 12.5. The minimum atomic E-state index is -0.583. The van der Waals surface area contributed by atoms with Crippen LogP contribution >= 0.6 is 11.8 Å². The molecule has 0 saturated heterocycles. The number of benzene rings is 2. The maximum atomic E-state index is 11.9. The van der Waals surface area contributed by atoms with Crippen LogP contribution in [0.25, 0.3) is 6.08 Å². The van der Waals surface area contributed by atoms with Gasteiger partial charge in [0, 0.05) is 16.7 Å². The number of hydrogen-bond acceptors (Lipinski definition) is 5.